The van der Waals surface area contributed by atoms with Gasteiger partial charge in [-0.05, 0) is 51.0 Å². The van der Waals surface area contributed by atoms with Gasteiger partial charge in [-0.1, -0.05) is 15.9 Å². The Balaban J connectivity index is 2.00. The maximum Gasteiger partial charge on any atom is 0.322 e. The van der Waals surface area contributed by atoms with E-state index in [9.17, 15) is 9.59 Å². The topological polar surface area (TPSA) is 61.4 Å². The summed E-state index contributed by atoms with van der Waals surface area (Å²) in [6, 6.07) is 6.85. The van der Waals surface area contributed by atoms with Crippen LogP contribution in [0.2, 0.25) is 0 Å². The number of halogens is 1. The van der Waals surface area contributed by atoms with Crippen LogP contribution in [0.1, 0.15) is 26.7 Å². The van der Waals surface area contributed by atoms with Crippen LogP contribution in [0.4, 0.5) is 10.5 Å². The second-order valence-electron chi connectivity index (χ2n) is 5.45. The van der Waals surface area contributed by atoms with E-state index >= 15 is 0 Å². The molecular formula is C15H20BrN3O2. The fourth-order valence-electron chi connectivity index (χ4n) is 2.39. The number of anilines is 1. The molecule has 0 aromatic heterocycles. The van der Waals surface area contributed by atoms with Crippen molar-refractivity contribution in [2.24, 2.45) is 0 Å². The van der Waals surface area contributed by atoms with Gasteiger partial charge in [-0.3, -0.25) is 4.79 Å². The molecule has 114 valence electrons. The van der Waals surface area contributed by atoms with Gasteiger partial charge >= 0.3 is 6.03 Å². The minimum absolute atomic E-state index is 0.0755. The Labute approximate surface area is 133 Å². The molecule has 1 aromatic carbocycles. The van der Waals surface area contributed by atoms with E-state index in [2.05, 4.69) is 26.6 Å². The molecule has 1 aliphatic heterocycles. The largest absolute Gasteiger partial charge is 0.352 e. The van der Waals surface area contributed by atoms with Gasteiger partial charge in [-0.25, -0.2) is 4.79 Å². The number of nitrogens with one attached hydrogen (secondary N) is 2. The highest BCUT2D eigenvalue weighted by atomic mass is 79.9. The predicted molar refractivity (Wildman–Crippen MR) is 86.2 cm³/mol. The molecule has 0 unspecified atom stereocenters. The summed E-state index contributed by atoms with van der Waals surface area (Å²) < 4.78 is 0.954. The monoisotopic (exact) mass is 353 g/mol. The van der Waals surface area contributed by atoms with Gasteiger partial charge in [-0.2, -0.15) is 0 Å². The fraction of sp³-hybridized carbons (Fsp3) is 0.467. The van der Waals surface area contributed by atoms with E-state index in [4.69, 9.17) is 0 Å². The third-order valence-corrected chi connectivity index (χ3v) is 3.87. The van der Waals surface area contributed by atoms with Crippen molar-refractivity contribution in [2.75, 3.05) is 11.9 Å². The molecule has 2 N–H and O–H groups in total. The number of likely N-dealkylation sites (tertiary alicyclic amines) is 1. The average molecular weight is 354 g/mol. The molecule has 0 bridgehead atoms. The molecule has 1 atom stereocenters. The van der Waals surface area contributed by atoms with Crippen LogP contribution in [0, 0.1) is 0 Å². The summed E-state index contributed by atoms with van der Waals surface area (Å²) in [6.07, 6.45) is 1.57. The lowest BCUT2D eigenvalue weighted by molar-refractivity contribution is -0.125. The number of carbonyl (C=O) groups is 2. The molecule has 1 heterocycles. The van der Waals surface area contributed by atoms with Crippen molar-refractivity contribution in [2.45, 2.75) is 38.8 Å². The lowest BCUT2D eigenvalue weighted by Crippen LogP contribution is -2.48. The SMILES string of the molecule is CC(C)NC(=O)[C@@H]1CCCN1C(=O)Nc1ccc(Br)cc1. The Hall–Kier alpha value is -1.56. The van der Waals surface area contributed by atoms with Gasteiger partial charge < -0.3 is 15.5 Å². The molecular weight excluding hydrogens is 334 g/mol. The first-order chi connectivity index (χ1) is 9.97. The van der Waals surface area contributed by atoms with Crippen LogP contribution < -0.4 is 10.6 Å². The Bertz CT molecular complexity index is 516. The van der Waals surface area contributed by atoms with Crippen molar-refractivity contribution in [3.63, 3.8) is 0 Å². The van der Waals surface area contributed by atoms with Crippen LogP contribution >= 0.6 is 15.9 Å². The number of hydrogen-bond acceptors (Lipinski definition) is 2. The molecule has 1 aliphatic rings. The molecule has 0 radical (unpaired) electrons. The predicted octanol–water partition coefficient (Wildman–Crippen LogP) is 2.97. The van der Waals surface area contributed by atoms with Crippen molar-refractivity contribution in [1.29, 1.82) is 0 Å². The normalized spacial score (nSPS) is 17.9. The number of benzene rings is 1. The number of carbonyl (C=O) groups excluding carboxylic acids is 2. The van der Waals surface area contributed by atoms with Crippen LogP contribution in [0.15, 0.2) is 28.7 Å². The highest BCUT2D eigenvalue weighted by Crippen LogP contribution is 2.20. The molecule has 3 amide bonds. The van der Waals surface area contributed by atoms with Crippen molar-refractivity contribution >= 4 is 33.6 Å². The maximum absolute atomic E-state index is 12.3. The van der Waals surface area contributed by atoms with Gasteiger partial charge in [0, 0.05) is 22.7 Å². The van der Waals surface area contributed by atoms with Gasteiger partial charge in [0.1, 0.15) is 6.04 Å². The van der Waals surface area contributed by atoms with Crippen LogP contribution in [0.3, 0.4) is 0 Å². The number of rotatable bonds is 3. The number of hydrogen-bond donors (Lipinski definition) is 2. The molecule has 0 aliphatic carbocycles. The Morgan fingerprint density at radius 2 is 1.95 bits per heavy atom. The van der Waals surface area contributed by atoms with E-state index in [0.717, 1.165) is 16.6 Å². The third-order valence-electron chi connectivity index (χ3n) is 3.34. The molecule has 2 rings (SSSR count). The maximum atomic E-state index is 12.3. The molecule has 1 fully saturated rings. The van der Waals surface area contributed by atoms with E-state index in [-0.39, 0.29) is 24.0 Å². The van der Waals surface area contributed by atoms with Crippen LogP contribution in [-0.2, 0) is 4.79 Å². The van der Waals surface area contributed by atoms with Gasteiger partial charge in [-0.15, -0.1) is 0 Å². The van der Waals surface area contributed by atoms with E-state index in [1.807, 2.05) is 38.1 Å². The molecule has 21 heavy (non-hydrogen) atoms. The van der Waals surface area contributed by atoms with Gasteiger partial charge in [0.25, 0.3) is 0 Å². The summed E-state index contributed by atoms with van der Waals surface area (Å²) in [4.78, 5) is 26.1. The van der Waals surface area contributed by atoms with Crippen molar-refractivity contribution < 1.29 is 9.59 Å². The lowest BCUT2D eigenvalue weighted by Gasteiger charge is -2.25. The molecule has 0 saturated carbocycles. The molecule has 0 spiro atoms. The molecule has 6 heteroatoms. The molecule has 5 nitrogen and oxygen atoms in total. The zero-order valence-electron chi connectivity index (χ0n) is 12.2. The lowest BCUT2D eigenvalue weighted by atomic mass is 10.2. The minimum atomic E-state index is -0.372. The Kier molecular flexibility index (Phi) is 5.22. The van der Waals surface area contributed by atoms with Gasteiger partial charge in [0.15, 0.2) is 0 Å². The number of amides is 3. The third kappa shape index (κ3) is 4.20. The first-order valence-electron chi connectivity index (χ1n) is 7.11. The first-order valence-corrected chi connectivity index (χ1v) is 7.90. The summed E-state index contributed by atoms with van der Waals surface area (Å²) in [5, 5.41) is 5.71. The highest BCUT2D eigenvalue weighted by Gasteiger charge is 2.34. The summed E-state index contributed by atoms with van der Waals surface area (Å²) in [6.45, 7) is 4.44. The quantitative estimate of drug-likeness (QED) is 0.877. The van der Waals surface area contributed by atoms with Crippen molar-refractivity contribution in [1.82, 2.24) is 10.2 Å². The fourth-order valence-corrected chi connectivity index (χ4v) is 2.66. The van der Waals surface area contributed by atoms with Crippen molar-refractivity contribution in [3.8, 4) is 0 Å². The number of urea groups is 1. The summed E-state index contributed by atoms with van der Waals surface area (Å²) in [7, 11) is 0. The van der Waals surface area contributed by atoms with Gasteiger partial charge in [0.05, 0.1) is 0 Å². The standard InChI is InChI=1S/C15H20BrN3O2/c1-10(2)17-14(20)13-4-3-9-19(13)15(21)18-12-7-5-11(16)6-8-12/h5-8,10,13H,3-4,9H2,1-2H3,(H,17,20)(H,18,21)/t13-/m0/s1. The summed E-state index contributed by atoms with van der Waals surface area (Å²) in [5.41, 5.74) is 0.720. The van der Waals surface area contributed by atoms with E-state index in [1.165, 1.54) is 0 Å². The first kappa shape index (κ1) is 15.8. The zero-order valence-corrected chi connectivity index (χ0v) is 13.8. The second-order valence-corrected chi connectivity index (χ2v) is 6.37. The average Bonchev–Trinajstić information content (AvgIpc) is 2.90. The zero-order chi connectivity index (χ0) is 15.4. The Morgan fingerprint density at radius 3 is 2.57 bits per heavy atom. The van der Waals surface area contributed by atoms with E-state index in [1.54, 1.807) is 4.90 Å². The summed E-state index contributed by atoms with van der Waals surface area (Å²) >= 11 is 3.35. The molecule has 1 saturated heterocycles. The van der Waals surface area contributed by atoms with Crippen LogP contribution in [-0.4, -0.2) is 35.5 Å². The second kappa shape index (κ2) is 6.93. The van der Waals surface area contributed by atoms with Gasteiger partial charge in [0.2, 0.25) is 5.91 Å². The Morgan fingerprint density at radius 1 is 1.29 bits per heavy atom. The van der Waals surface area contributed by atoms with E-state index in [0.29, 0.717) is 13.0 Å². The number of nitrogens with zero attached hydrogens (tertiary/aromatic N) is 1. The van der Waals surface area contributed by atoms with Crippen molar-refractivity contribution in [3.05, 3.63) is 28.7 Å². The van der Waals surface area contributed by atoms with Crippen LogP contribution in [0.25, 0.3) is 0 Å². The smallest absolute Gasteiger partial charge is 0.322 e. The van der Waals surface area contributed by atoms with E-state index < -0.39 is 0 Å². The molecule has 1 aromatic rings. The highest BCUT2D eigenvalue weighted by molar-refractivity contribution is 9.10. The minimum Gasteiger partial charge on any atom is -0.352 e. The summed E-state index contributed by atoms with van der Waals surface area (Å²) in [5.74, 6) is -0.0755. The van der Waals surface area contributed by atoms with Crippen LogP contribution in [0.5, 0.6) is 0 Å².